The first kappa shape index (κ1) is 29.6. The van der Waals surface area contributed by atoms with Crippen LogP contribution in [-0.2, 0) is 12.8 Å². The van der Waals surface area contributed by atoms with Crippen molar-refractivity contribution >= 4 is 21.8 Å². The van der Waals surface area contributed by atoms with Crippen LogP contribution in [0.4, 0.5) is 0 Å². The van der Waals surface area contributed by atoms with E-state index in [0.717, 1.165) is 46.0 Å². The highest BCUT2D eigenvalue weighted by Crippen LogP contribution is 2.37. The summed E-state index contributed by atoms with van der Waals surface area (Å²) < 4.78 is 0. The van der Waals surface area contributed by atoms with Crippen molar-refractivity contribution in [3.63, 3.8) is 0 Å². The molecular formula is C44H40N2. The Kier molecular flexibility index (Phi) is 7.74. The molecule has 0 saturated heterocycles. The van der Waals surface area contributed by atoms with Gasteiger partial charge in [-0.05, 0) is 109 Å². The summed E-state index contributed by atoms with van der Waals surface area (Å²) in [7, 11) is 0. The first-order chi connectivity index (χ1) is 22.2. The summed E-state index contributed by atoms with van der Waals surface area (Å²) in [6.07, 6.45) is 1.55. The molecule has 0 aliphatic carbocycles. The van der Waals surface area contributed by atoms with E-state index in [9.17, 15) is 0 Å². The van der Waals surface area contributed by atoms with Crippen molar-refractivity contribution in [1.82, 2.24) is 9.97 Å². The zero-order valence-electron chi connectivity index (χ0n) is 27.7. The molecular weight excluding hydrogens is 556 g/mol. The van der Waals surface area contributed by atoms with Crippen molar-refractivity contribution in [2.45, 2.75) is 54.4 Å². The third kappa shape index (κ3) is 5.61. The maximum absolute atomic E-state index is 5.46. The molecule has 2 heteroatoms. The Morgan fingerprint density at radius 2 is 0.761 bits per heavy atom. The lowest BCUT2D eigenvalue weighted by Crippen LogP contribution is -2.03. The van der Waals surface area contributed by atoms with Crippen LogP contribution in [0, 0.1) is 41.5 Å². The second-order valence-corrected chi connectivity index (χ2v) is 13.0. The van der Waals surface area contributed by atoms with E-state index in [1.165, 1.54) is 66.8 Å². The highest BCUT2D eigenvalue weighted by Gasteiger charge is 2.18. The van der Waals surface area contributed by atoms with Gasteiger partial charge >= 0.3 is 0 Å². The van der Waals surface area contributed by atoms with E-state index in [-0.39, 0.29) is 0 Å². The van der Waals surface area contributed by atoms with Gasteiger partial charge in [0, 0.05) is 35.0 Å². The minimum absolute atomic E-state index is 0.775. The van der Waals surface area contributed by atoms with Crippen molar-refractivity contribution in [3.05, 3.63) is 165 Å². The summed E-state index contributed by atoms with van der Waals surface area (Å²) in [6, 6.07) is 39.7. The first-order valence-electron chi connectivity index (χ1n) is 16.3. The molecule has 0 amide bonds. The zero-order valence-corrected chi connectivity index (χ0v) is 27.7. The lowest BCUT2D eigenvalue weighted by Gasteiger charge is -2.17. The molecule has 0 aliphatic rings. The molecule has 0 N–H and O–H groups in total. The fraction of sp³-hybridized carbons (Fsp3) is 0.182. The van der Waals surface area contributed by atoms with Crippen LogP contribution in [0.2, 0.25) is 0 Å². The molecule has 2 nitrogen and oxygen atoms in total. The molecule has 7 aromatic rings. The Labute approximate surface area is 272 Å². The van der Waals surface area contributed by atoms with Crippen LogP contribution in [0.3, 0.4) is 0 Å². The van der Waals surface area contributed by atoms with E-state index >= 15 is 0 Å². The number of pyridine rings is 2. The Morgan fingerprint density at radius 1 is 0.413 bits per heavy atom. The Balaban J connectivity index is 1.52. The molecule has 0 spiro atoms. The number of hydrogen-bond donors (Lipinski definition) is 0. The molecule has 0 aliphatic heterocycles. The molecule has 226 valence electrons. The summed E-state index contributed by atoms with van der Waals surface area (Å²) in [5, 5.41) is 2.26. The number of fused-ring (bicyclic) bond motifs is 3. The molecule has 0 radical (unpaired) electrons. The number of hydrogen-bond acceptors (Lipinski definition) is 2. The van der Waals surface area contributed by atoms with Crippen molar-refractivity contribution in [2.75, 3.05) is 0 Å². The maximum atomic E-state index is 5.46. The molecule has 2 heterocycles. The average Bonchev–Trinajstić information content (AvgIpc) is 3.04. The van der Waals surface area contributed by atoms with Crippen LogP contribution >= 0.6 is 0 Å². The lowest BCUT2D eigenvalue weighted by molar-refractivity contribution is 1.05. The second-order valence-electron chi connectivity index (χ2n) is 13.0. The summed E-state index contributed by atoms with van der Waals surface area (Å²) in [5.74, 6) is 0. The number of aromatic nitrogens is 2. The van der Waals surface area contributed by atoms with Gasteiger partial charge in [0.15, 0.2) is 0 Å². The fourth-order valence-electron chi connectivity index (χ4n) is 7.32. The maximum Gasteiger partial charge on any atom is 0.0974 e. The van der Waals surface area contributed by atoms with E-state index in [1.807, 2.05) is 0 Å². The molecule has 0 saturated carbocycles. The van der Waals surface area contributed by atoms with Gasteiger partial charge < -0.3 is 0 Å². The van der Waals surface area contributed by atoms with E-state index in [0.29, 0.717) is 0 Å². The molecule has 0 atom stereocenters. The van der Waals surface area contributed by atoms with E-state index in [2.05, 4.69) is 151 Å². The number of aryl methyl sites for hydroxylation is 6. The van der Waals surface area contributed by atoms with Crippen molar-refractivity contribution in [1.29, 1.82) is 0 Å². The van der Waals surface area contributed by atoms with Crippen LogP contribution in [0.5, 0.6) is 0 Å². The number of nitrogens with zero attached hydrogens (tertiary/aromatic N) is 2. The van der Waals surface area contributed by atoms with Crippen molar-refractivity contribution < 1.29 is 0 Å². The van der Waals surface area contributed by atoms with Crippen LogP contribution in [0.25, 0.3) is 44.1 Å². The molecule has 2 aromatic heterocycles. The van der Waals surface area contributed by atoms with Gasteiger partial charge in [-0.3, -0.25) is 9.97 Å². The summed E-state index contributed by atoms with van der Waals surface area (Å²) in [6.45, 7) is 13.2. The Bertz CT molecular complexity index is 2040. The second kappa shape index (κ2) is 12.0. The standard InChI is InChI=1S/C44H40N2/c1-27-19-29(3)39(30(4)20-27)23-35-25-41(33-13-9-7-10-14-33)37-17-18-38-42(34-15-11-8-12-16-34)26-36(46-44(38)43(37)45-35)24-40-31(5)21-28(2)22-32(40)6/h7-22,25-26H,23-24H2,1-6H3. The third-order valence-electron chi connectivity index (χ3n) is 9.43. The van der Waals surface area contributed by atoms with Crippen LogP contribution in [0.1, 0.15) is 55.9 Å². The third-order valence-corrected chi connectivity index (χ3v) is 9.43. The molecule has 46 heavy (non-hydrogen) atoms. The Morgan fingerprint density at radius 3 is 1.11 bits per heavy atom. The number of benzene rings is 5. The molecule has 0 bridgehead atoms. The molecule has 5 aromatic carbocycles. The van der Waals surface area contributed by atoms with Gasteiger partial charge in [0.05, 0.1) is 11.0 Å². The van der Waals surface area contributed by atoms with Crippen LogP contribution in [0.15, 0.2) is 109 Å². The van der Waals surface area contributed by atoms with E-state index < -0.39 is 0 Å². The first-order valence-corrected chi connectivity index (χ1v) is 16.3. The van der Waals surface area contributed by atoms with Gasteiger partial charge in [-0.25, -0.2) is 0 Å². The van der Waals surface area contributed by atoms with Gasteiger partial charge in [-0.15, -0.1) is 0 Å². The normalized spacial score (nSPS) is 11.4. The minimum atomic E-state index is 0.775. The van der Waals surface area contributed by atoms with Gasteiger partial charge in [0.25, 0.3) is 0 Å². The van der Waals surface area contributed by atoms with Gasteiger partial charge in [0.2, 0.25) is 0 Å². The zero-order chi connectivity index (χ0) is 31.9. The SMILES string of the molecule is Cc1cc(C)c(Cc2cc(-c3ccccc3)c3ccc4c(-c5ccccc5)cc(Cc5c(C)cc(C)cc5C)nc4c3n2)c(C)c1. The van der Waals surface area contributed by atoms with Crippen LogP contribution < -0.4 is 0 Å². The summed E-state index contributed by atoms with van der Waals surface area (Å²) >= 11 is 0. The predicted octanol–water partition coefficient (Wildman–Crippen LogP) is 11.1. The van der Waals surface area contributed by atoms with E-state index in [1.54, 1.807) is 0 Å². The highest BCUT2D eigenvalue weighted by atomic mass is 14.8. The van der Waals surface area contributed by atoms with E-state index in [4.69, 9.17) is 9.97 Å². The molecule has 0 unspecified atom stereocenters. The summed E-state index contributed by atoms with van der Waals surface area (Å²) in [5.41, 5.74) is 19.4. The van der Waals surface area contributed by atoms with Crippen molar-refractivity contribution in [2.24, 2.45) is 0 Å². The van der Waals surface area contributed by atoms with Gasteiger partial charge in [-0.2, -0.15) is 0 Å². The lowest BCUT2D eigenvalue weighted by atomic mass is 9.92. The fourth-order valence-corrected chi connectivity index (χ4v) is 7.32. The minimum Gasteiger partial charge on any atom is -0.250 e. The van der Waals surface area contributed by atoms with Gasteiger partial charge in [0.1, 0.15) is 0 Å². The Hall–Kier alpha value is -5.08. The largest absolute Gasteiger partial charge is 0.250 e. The average molecular weight is 597 g/mol. The van der Waals surface area contributed by atoms with Gasteiger partial charge in [-0.1, -0.05) is 108 Å². The quantitative estimate of drug-likeness (QED) is 0.178. The summed E-state index contributed by atoms with van der Waals surface area (Å²) in [4.78, 5) is 10.9. The van der Waals surface area contributed by atoms with Crippen molar-refractivity contribution in [3.8, 4) is 22.3 Å². The van der Waals surface area contributed by atoms with Crippen LogP contribution in [-0.4, -0.2) is 9.97 Å². The molecule has 7 rings (SSSR count). The monoisotopic (exact) mass is 596 g/mol. The smallest absolute Gasteiger partial charge is 0.0974 e. The topological polar surface area (TPSA) is 25.8 Å². The predicted molar refractivity (Wildman–Crippen MR) is 195 cm³/mol. The number of rotatable bonds is 6. The molecule has 0 fully saturated rings. The highest BCUT2D eigenvalue weighted by molar-refractivity contribution is 6.12.